The maximum absolute atomic E-state index is 11.6. The van der Waals surface area contributed by atoms with Crippen molar-refractivity contribution >= 4 is 17.9 Å². The van der Waals surface area contributed by atoms with E-state index in [1.165, 1.54) is 36.9 Å². The summed E-state index contributed by atoms with van der Waals surface area (Å²) >= 11 is 0. The molecule has 0 saturated carbocycles. The van der Waals surface area contributed by atoms with Crippen LogP contribution in [0.5, 0.6) is 0 Å². The molecule has 0 aliphatic heterocycles. The molecule has 0 bridgehead atoms. The van der Waals surface area contributed by atoms with Crippen LogP contribution in [0.4, 0.5) is 5.69 Å². The predicted molar refractivity (Wildman–Crippen MR) is 64.8 cm³/mol. The molecule has 0 N–H and O–H groups in total. The Kier molecular flexibility index (Phi) is 3.67. The van der Waals surface area contributed by atoms with Gasteiger partial charge in [-0.25, -0.2) is 4.79 Å². The van der Waals surface area contributed by atoms with Crippen LogP contribution in [0.2, 0.25) is 0 Å². The molecule has 7 heteroatoms. The van der Waals surface area contributed by atoms with E-state index in [0.717, 1.165) is 6.07 Å². The van der Waals surface area contributed by atoms with Gasteiger partial charge in [0, 0.05) is 17.7 Å². The third-order valence-corrected chi connectivity index (χ3v) is 2.17. The standard InChI is InChI=1S/C12H8N2O5/c15-12(19-13-7-9-4-5-18-8-9)10-2-1-3-11(6-10)14(16)17/h1-8H/b13-7+. The van der Waals surface area contributed by atoms with Crippen molar-refractivity contribution in [1.29, 1.82) is 0 Å². The molecule has 0 aliphatic carbocycles. The second-order valence-electron chi connectivity index (χ2n) is 3.48. The number of rotatable bonds is 4. The maximum Gasteiger partial charge on any atom is 0.365 e. The molecule has 2 rings (SSSR count). The molecule has 0 amide bonds. The first-order valence-electron chi connectivity index (χ1n) is 5.18. The average Bonchev–Trinajstić information content (AvgIpc) is 2.92. The Labute approximate surface area is 107 Å². The first kappa shape index (κ1) is 12.5. The Bertz CT molecular complexity index is 619. The summed E-state index contributed by atoms with van der Waals surface area (Å²) < 4.78 is 4.79. The minimum atomic E-state index is -0.775. The van der Waals surface area contributed by atoms with Crippen LogP contribution in [0.3, 0.4) is 0 Å². The van der Waals surface area contributed by atoms with Crippen LogP contribution in [0.25, 0.3) is 0 Å². The molecule has 0 unspecified atom stereocenters. The third kappa shape index (κ3) is 3.25. The van der Waals surface area contributed by atoms with Crippen LogP contribution < -0.4 is 0 Å². The number of oxime groups is 1. The smallest absolute Gasteiger partial charge is 0.365 e. The van der Waals surface area contributed by atoms with Crippen molar-refractivity contribution in [1.82, 2.24) is 0 Å². The molecule has 2 aromatic rings. The van der Waals surface area contributed by atoms with E-state index in [0.29, 0.717) is 5.56 Å². The van der Waals surface area contributed by atoms with Crippen molar-refractivity contribution in [2.75, 3.05) is 0 Å². The number of hydrogen-bond donors (Lipinski definition) is 0. The Morgan fingerprint density at radius 3 is 2.95 bits per heavy atom. The van der Waals surface area contributed by atoms with Crippen LogP contribution in [-0.2, 0) is 4.84 Å². The highest BCUT2D eigenvalue weighted by Gasteiger charge is 2.12. The van der Waals surface area contributed by atoms with Crippen LogP contribution in [-0.4, -0.2) is 17.1 Å². The summed E-state index contributed by atoms with van der Waals surface area (Å²) in [5.41, 5.74) is 0.499. The molecule has 0 aliphatic rings. The Morgan fingerprint density at radius 1 is 1.42 bits per heavy atom. The fourth-order valence-electron chi connectivity index (χ4n) is 1.28. The van der Waals surface area contributed by atoms with Gasteiger partial charge in [0.2, 0.25) is 0 Å². The number of furan rings is 1. The van der Waals surface area contributed by atoms with E-state index < -0.39 is 10.9 Å². The van der Waals surface area contributed by atoms with Gasteiger partial charge in [-0.3, -0.25) is 10.1 Å². The summed E-state index contributed by atoms with van der Waals surface area (Å²) in [6.45, 7) is 0. The van der Waals surface area contributed by atoms with Gasteiger partial charge in [-0.15, -0.1) is 0 Å². The number of carbonyl (C=O) groups excluding carboxylic acids is 1. The summed E-state index contributed by atoms with van der Waals surface area (Å²) in [7, 11) is 0. The van der Waals surface area contributed by atoms with E-state index >= 15 is 0 Å². The van der Waals surface area contributed by atoms with Gasteiger partial charge in [-0.2, -0.15) is 0 Å². The number of benzene rings is 1. The molecule has 1 aromatic heterocycles. The zero-order valence-electron chi connectivity index (χ0n) is 9.55. The Hall–Kier alpha value is -2.96. The van der Waals surface area contributed by atoms with Gasteiger partial charge in [0.1, 0.15) is 0 Å². The number of nitrogens with zero attached hydrogens (tertiary/aromatic N) is 2. The lowest BCUT2D eigenvalue weighted by Gasteiger charge is -1.97. The maximum atomic E-state index is 11.6. The van der Waals surface area contributed by atoms with E-state index in [4.69, 9.17) is 4.42 Å². The largest absolute Gasteiger partial charge is 0.472 e. The summed E-state index contributed by atoms with van der Waals surface area (Å²) in [4.78, 5) is 26.1. The molecule has 7 nitrogen and oxygen atoms in total. The molecule has 1 aromatic carbocycles. The molecule has 0 atom stereocenters. The number of non-ortho nitro benzene ring substituents is 1. The molecule has 0 fully saturated rings. The number of nitro benzene ring substituents is 1. The number of hydrogen-bond acceptors (Lipinski definition) is 6. The fraction of sp³-hybridized carbons (Fsp3) is 0. The third-order valence-electron chi connectivity index (χ3n) is 2.17. The van der Waals surface area contributed by atoms with Gasteiger partial charge in [0.15, 0.2) is 0 Å². The van der Waals surface area contributed by atoms with Crippen molar-refractivity contribution in [3.05, 3.63) is 64.1 Å². The summed E-state index contributed by atoms with van der Waals surface area (Å²) in [5.74, 6) is -0.775. The Balaban J connectivity index is 2.04. The summed E-state index contributed by atoms with van der Waals surface area (Å²) in [6, 6.07) is 6.84. The molecule has 0 radical (unpaired) electrons. The monoisotopic (exact) mass is 260 g/mol. The van der Waals surface area contributed by atoms with Crippen LogP contribution in [0.15, 0.2) is 52.4 Å². The van der Waals surface area contributed by atoms with Crippen molar-refractivity contribution < 1.29 is 19.0 Å². The lowest BCUT2D eigenvalue weighted by atomic mass is 10.2. The van der Waals surface area contributed by atoms with Crippen LogP contribution in [0, 0.1) is 10.1 Å². The van der Waals surface area contributed by atoms with Crippen molar-refractivity contribution in [3.63, 3.8) is 0 Å². The van der Waals surface area contributed by atoms with Gasteiger partial charge in [0.05, 0.1) is 29.2 Å². The highest BCUT2D eigenvalue weighted by atomic mass is 16.7. The molecule has 19 heavy (non-hydrogen) atoms. The fourth-order valence-corrected chi connectivity index (χ4v) is 1.28. The van der Waals surface area contributed by atoms with Crippen molar-refractivity contribution in [2.24, 2.45) is 5.16 Å². The van der Waals surface area contributed by atoms with Crippen molar-refractivity contribution in [3.8, 4) is 0 Å². The van der Waals surface area contributed by atoms with E-state index in [2.05, 4.69) is 9.99 Å². The first-order valence-corrected chi connectivity index (χ1v) is 5.18. The Morgan fingerprint density at radius 2 is 2.26 bits per heavy atom. The van der Waals surface area contributed by atoms with Gasteiger partial charge in [-0.05, 0) is 12.1 Å². The van der Waals surface area contributed by atoms with E-state index in [1.807, 2.05) is 0 Å². The van der Waals surface area contributed by atoms with Gasteiger partial charge in [-0.1, -0.05) is 11.2 Å². The second-order valence-corrected chi connectivity index (χ2v) is 3.48. The number of carbonyl (C=O) groups is 1. The zero-order chi connectivity index (χ0) is 13.7. The SMILES string of the molecule is O=C(O/N=C/c1ccoc1)c1cccc([N+](=O)[O-])c1. The second kappa shape index (κ2) is 5.58. The quantitative estimate of drug-likeness (QED) is 0.364. The molecular weight excluding hydrogens is 252 g/mol. The van der Waals surface area contributed by atoms with E-state index in [-0.39, 0.29) is 11.3 Å². The van der Waals surface area contributed by atoms with Gasteiger partial charge >= 0.3 is 5.97 Å². The normalized spacial score (nSPS) is 10.5. The zero-order valence-corrected chi connectivity index (χ0v) is 9.55. The van der Waals surface area contributed by atoms with E-state index in [9.17, 15) is 14.9 Å². The van der Waals surface area contributed by atoms with Gasteiger partial charge in [0.25, 0.3) is 5.69 Å². The van der Waals surface area contributed by atoms with E-state index in [1.54, 1.807) is 6.07 Å². The van der Waals surface area contributed by atoms with Crippen molar-refractivity contribution in [2.45, 2.75) is 0 Å². The summed E-state index contributed by atoms with van der Waals surface area (Å²) in [6.07, 6.45) is 4.16. The molecule has 0 spiro atoms. The van der Waals surface area contributed by atoms with Crippen LogP contribution >= 0.6 is 0 Å². The predicted octanol–water partition coefficient (Wildman–Crippen LogP) is 2.38. The lowest BCUT2D eigenvalue weighted by molar-refractivity contribution is -0.384. The average molecular weight is 260 g/mol. The molecule has 96 valence electrons. The minimum absolute atomic E-state index is 0.0542. The highest BCUT2D eigenvalue weighted by molar-refractivity contribution is 5.90. The lowest BCUT2D eigenvalue weighted by Crippen LogP contribution is -2.01. The first-order chi connectivity index (χ1) is 9.16. The summed E-state index contributed by atoms with van der Waals surface area (Å²) in [5, 5.41) is 14.0. The highest BCUT2D eigenvalue weighted by Crippen LogP contribution is 2.13. The molecule has 1 heterocycles. The molecule has 0 saturated heterocycles. The minimum Gasteiger partial charge on any atom is -0.472 e. The topological polar surface area (TPSA) is 94.9 Å². The number of nitro groups is 1. The molecular formula is C12H8N2O5. The van der Waals surface area contributed by atoms with Crippen LogP contribution in [0.1, 0.15) is 15.9 Å². The van der Waals surface area contributed by atoms with Gasteiger partial charge < -0.3 is 9.25 Å².